The Hall–Kier alpha value is -4.10. The second kappa shape index (κ2) is 11.3. The summed E-state index contributed by atoms with van der Waals surface area (Å²) in [4.78, 5) is 37.8. The van der Waals surface area contributed by atoms with Crippen LogP contribution in [-0.4, -0.2) is 70.8 Å². The molecule has 2 amide bonds. The van der Waals surface area contributed by atoms with Gasteiger partial charge in [0.2, 0.25) is 11.8 Å². The van der Waals surface area contributed by atoms with Crippen molar-refractivity contribution in [1.29, 1.82) is 0 Å². The van der Waals surface area contributed by atoms with Crippen molar-refractivity contribution in [2.45, 2.75) is 44.3 Å². The van der Waals surface area contributed by atoms with Crippen LogP contribution in [0.5, 0.6) is 5.75 Å². The molecule has 2 unspecified atom stereocenters. The number of benzene rings is 3. The fraction of sp³-hybridized carbons (Fsp3) is 0.371. The molecule has 1 aromatic heterocycles. The molecule has 2 fully saturated rings. The molecule has 0 spiro atoms. The monoisotopic (exact) mass is 562 g/mol. The van der Waals surface area contributed by atoms with Gasteiger partial charge < -0.3 is 19.5 Å². The lowest BCUT2D eigenvalue weighted by Crippen LogP contribution is -2.63. The molecule has 1 N–H and O–H groups in total. The van der Waals surface area contributed by atoms with Gasteiger partial charge in [0.05, 0.1) is 19.7 Å². The first-order chi connectivity index (χ1) is 20.6. The van der Waals surface area contributed by atoms with Crippen LogP contribution in [0.25, 0.3) is 10.9 Å². The predicted octanol–water partition coefficient (Wildman–Crippen LogP) is 5.16. The van der Waals surface area contributed by atoms with Gasteiger partial charge in [0.15, 0.2) is 0 Å². The third-order valence-corrected chi connectivity index (χ3v) is 9.54. The molecule has 3 aliphatic rings. The Morgan fingerprint density at radius 2 is 1.64 bits per heavy atom. The summed E-state index contributed by atoms with van der Waals surface area (Å²) in [5, 5.41) is 1.13. The van der Waals surface area contributed by atoms with Gasteiger partial charge in [0, 0.05) is 36.1 Å². The van der Waals surface area contributed by atoms with E-state index in [0.717, 1.165) is 72.4 Å². The van der Waals surface area contributed by atoms with E-state index in [4.69, 9.17) is 4.74 Å². The number of ether oxygens (including phenoxy) is 1. The molecule has 4 aromatic rings. The van der Waals surface area contributed by atoms with Gasteiger partial charge in [0.1, 0.15) is 11.8 Å². The first-order valence-electron chi connectivity index (χ1n) is 15.2. The number of hydrogen-bond donors (Lipinski definition) is 1. The zero-order valence-electron chi connectivity index (χ0n) is 24.2. The van der Waals surface area contributed by atoms with Gasteiger partial charge in [-0.2, -0.15) is 0 Å². The average molecular weight is 563 g/mol. The van der Waals surface area contributed by atoms with E-state index in [1.807, 2.05) is 46.2 Å². The highest BCUT2D eigenvalue weighted by Gasteiger charge is 2.48. The Kier molecular flexibility index (Phi) is 7.20. The minimum absolute atomic E-state index is 0.0161. The summed E-state index contributed by atoms with van der Waals surface area (Å²) in [6, 6.07) is 25.9. The van der Waals surface area contributed by atoms with E-state index in [2.05, 4.69) is 52.3 Å². The van der Waals surface area contributed by atoms with E-state index in [-0.39, 0.29) is 24.4 Å². The summed E-state index contributed by atoms with van der Waals surface area (Å²) in [6.45, 7) is 3.94. The van der Waals surface area contributed by atoms with Gasteiger partial charge in [-0.3, -0.25) is 14.5 Å². The number of piperidine rings is 1. The Balaban J connectivity index is 1.08. The van der Waals surface area contributed by atoms with Crippen LogP contribution in [0, 0.1) is 5.92 Å². The number of aromatic nitrogens is 1. The van der Waals surface area contributed by atoms with E-state index in [9.17, 15) is 9.59 Å². The molecule has 3 aliphatic heterocycles. The first kappa shape index (κ1) is 26.8. The molecular weight excluding hydrogens is 524 g/mol. The lowest BCUT2D eigenvalue weighted by molar-refractivity contribution is -0.158. The van der Waals surface area contributed by atoms with Gasteiger partial charge in [0.25, 0.3) is 0 Å². The highest BCUT2D eigenvalue weighted by molar-refractivity contribution is 5.97. The molecule has 0 radical (unpaired) electrons. The maximum absolute atomic E-state index is 14.1. The lowest BCUT2D eigenvalue weighted by Gasteiger charge is -2.47. The molecule has 216 valence electrons. The quantitative estimate of drug-likeness (QED) is 0.338. The molecule has 2 atom stereocenters. The number of aromatic amines is 1. The third kappa shape index (κ3) is 4.96. The molecule has 0 saturated carbocycles. The molecular formula is C35H38N4O3. The van der Waals surface area contributed by atoms with E-state index >= 15 is 0 Å². The molecule has 42 heavy (non-hydrogen) atoms. The molecule has 0 bridgehead atoms. The SMILES string of the molecule is COc1ccc(C2c3[nH]c4ccccc4c3CC3C(=O)N(CCC4CCN(Cc5ccccc5)CC4)CC(=O)N32)cc1. The Labute approximate surface area is 247 Å². The number of H-pyrrole nitrogens is 1. The van der Waals surface area contributed by atoms with Crippen molar-refractivity contribution in [3.05, 3.63) is 101 Å². The number of likely N-dealkylation sites (tertiary alicyclic amines) is 1. The summed E-state index contributed by atoms with van der Waals surface area (Å²) in [6.07, 6.45) is 3.75. The minimum atomic E-state index is -0.502. The minimum Gasteiger partial charge on any atom is -0.497 e. The first-order valence-corrected chi connectivity index (χ1v) is 15.2. The van der Waals surface area contributed by atoms with E-state index in [1.54, 1.807) is 7.11 Å². The number of carbonyl (C=O) groups excluding carboxylic acids is 2. The van der Waals surface area contributed by atoms with Crippen molar-refractivity contribution in [1.82, 2.24) is 19.7 Å². The van der Waals surface area contributed by atoms with Gasteiger partial charge in [-0.15, -0.1) is 0 Å². The highest BCUT2D eigenvalue weighted by Crippen LogP contribution is 2.43. The van der Waals surface area contributed by atoms with Crippen LogP contribution in [-0.2, 0) is 22.6 Å². The van der Waals surface area contributed by atoms with Gasteiger partial charge in [-0.25, -0.2) is 0 Å². The number of methoxy groups -OCH3 is 1. The second-order valence-electron chi connectivity index (χ2n) is 12.0. The second-order valence-corrected chi connectivity index (χ2v) is 12.0. The maximum atomic E-state index is 14.1. The molecule has 7 nitrogen and oxygen atoms in total. The van der Waals surface area contributed by atoms with Crippen molar-refractivity contribution in [3.8, 4) is 5.75 Å². The summed E-state index contributed by atoms with van der Waals surface area (Å²) in [5.41, 5.74) is 5.52. The topological polar surface area (TPSA) is 68.9 Å². The van der Waals surface area contributed by atoms with E-state index in [1.165, 1.54) is 5.56 Å². The van der Waals surface area contributed by atoms with E-state index < -0.39 is 6.04 Å². The van der Waals surface area contributed by atoms with Crippen LogP contribution in [0.4, 0.5) is 0 Å². The lowest BCUT2D eigenvalue weighted by atomic mass is 9.86. The zero-order chi connectivity index (χ0) is 28.6. The Morgan fingerprint density at radius 1 is 0.905 bits per heavy atom. The molecule has 2 saturated heterocycles. The van der Waals surface area contributed by atoms with Crippen LogP contribution >= 0.6 is 0 Å². The number of hydrogen-bond acceptors (Lipinski definition) is 4. The summed E-state index contributed by atoms with van der Waals surface area (Å²) in [5.74, 6) is 1.44. The van der Waals surface area contributed by atoms with Gasteiger partial charge >= 0.3 is 0 Å². The number of nitrogens with one attached hydrogen (secondary N) is 1. The molecule has 7 heteroatoms. The Bertz CT molecular complexity index is 1570. The number of amides is 2. The van der Waals surface area contributed by atoms with Gasteiger partial charge in [-0.1, -0.05) is 60.7 Å². The fourth-order valence-corrected chi connectivity index (χ4v) is 7.26. The van der Waals surface area contributed by atoms with Crippen LogP contribution in [0.1, 0.15) is 47.7 Å². The summed E-state index contributed by atoms with van der Waals surface area (Å²) in [7, 11) is 1.65. The summed E-state index contributed by atoms with van der Waals surface area (Å²) >= 11 is 0. The largest absolute Gasteiger partial charge is 0.497 e. The number of para-hydroxylation sites is 1. The zero-order valence-corrected chi connectivity index (χ0v) is 24.2. The molecule has 7 rings (SSSR count). The maximum Gasteiger partial charge on any atom is 0.246 e. The van der Waals surface area contributed by atoms with Gasteiger partial charge in [-0.05, 0) is 73.2 Å². The molecule has 3 aromatic carbocycles. The van der Waals surface area contributed by atoms with Crippen molar-refractivity contribution < 1.29 is 14.3 Å². The smallest absolute Gasteiger partial charge is 0.246 e. The standard InChI is InChI=1S/C35H38N4O3/c1-42-27-13-11-26(12-14-27)34-33-29(28-9-5-6-10-30(28)36-33)21-31-35(41)38(23-32(40)39(31)34)20-17-24-15-18-37(19-16-24)22-25-7-3-2-4-8-25/h2-14,24,31,34,36H,15-23H2,1H3. The Morgan fingerprint density at radius 3 is 2.40 bits per heavy atom. The third-order valence-electron chi connectivity index (χ3n) is 9.54. The highest BCUT2D eigenvalue weighted by atomic mass is 16.5. The predicted molar refractivity (Wildman–Crippen MR) is 163 cm³/mol. The summed E-state index contributed by atoms with van der Waals surface area (Å²) < 4.78 is 5.39. The average Bonchev–Trinajstić information content (AvgIpc) is 3.41. The van der Waals surface area contributed by atoms with Crippen LogP contribution < -0.4 is 4.74 Å². The van der Waals surface area contributed by atoms with E-state index in [0.29, 0.717) is 18.9 Å². The fourth-order valence-electron chi connectivity index (χ4n) is 7.26. The van der Waals surface area contributed by atoms with Crippen molar-refractivity contribution in [2.75, 3.05) is 33.3 Å². The van der Waals surface area contributed by atoms with Crippen LogP contribution in [0.15, 0.2) is 78.9 Å². The number of fused-ring (bicyclic) bond motifs is 4. The van der Waals surface area contributed by atoms with Crippen molar-refractivity contribution in [2.24, 2.45) is 5.92 Å². The van der Waals surface area contributed by atoms with Crippen LogP contribution in [0.3, 0.4) is 0 Å². The van der Waals surface area contributed by atoms with Crippen molar-refractivity contribution >= 4 is 22.7 Å². The molecule has 4 heterocycles. The van der Waals surface area contributed by atoms with Crippen molar-refractivity contribution in [3.63, 3.8) is 0 Å². The molecule has 0 aliphatic carbocycles. The normalized spacial score (nSPS) is 21.5. The van der Waals surface area contributed by atoms with Crippen LogP contribution in [0.2, 0.25) is 0 Å². The number of piperazine rings is 1. The number of rotatable bonds is 7. The number of carbonyl (C=O) groups is 2. The number of nitrogens with zero attached hydrogens (tertiary/aromatic N) is 3.